The summed E-state index contributed by atoms with van der Waals surface area (Å²) < 4.78 is 5.33. The van der Waals surface area contributed by atoms with Crippen molar-refractivity contribution in [2.24, 2.45) is 0 Å². The molecule has 1 aromatic carbocycles. The minimum absolute atomic E-state index is 0.629. The van der Waals surface area contributed by atoms with Crippen LogP contribution in [0.1, 0.15) is 19.4 Å². The molecule has 1 saturated heterocycles. The maximum Gasteiger partial charge on any atom is 0.143 e. The maximum absolute atomic E-state index is 5.94. The van der Waals surface area contributed by atoms with E-state index in [4.69, 9.17) is 10.5 Å². The molecule has 19 heavy (non-hydrogen) atoms. The molecule has 2 rings (SSSR count). The van der Waals surface area contributed by atoms with Crippen LogP contribution < -0.4 is 15.4 Å². The van der Waals surface area contributed by atoms with Gasteiger partial charge in [-0.3, -0.25) is 4.90 Å². The highest BCUT2D eigenvalue weighted by Crippen LogP contribution is 2.31. The number of methoxy groups -OCH3 is 1. The number of ether oxygens (including phenoxy) is 1. The number of hydrogen-bond acceptors (Lipinski definition) is 4. The van der Waals surface area contributed by atoms with Crippen molar-refractivity contribution in [2.75, 3.05) is 43.9 Å². The Morgan fingerprint density at radius 1 is 1.16 bits per heavy atom. The average Bonchev–Trinajstić information content (AvgIpc) is 2.39. The van der Waals surface area contributed by atoms with Crippen LogP contribution in [0.2, 0.25) is 0 Å². The fourth-order valence-electron chi connectivity index (χ4n) is 2.70. The van der Waals surface area contributed by atoms with Gasteiger partial charge in [0.05, 0.1) is 12.8 Å². The molecular formula is C15H25N3O. The highest BCUT2D eigenvalue weighted by molar-refractivity contribution is 5.66. The molecule has 4 heteroatoms. The Labute approximate surface area is 116 Å². The van der Waals surface area contributed by atoms with Gasteiger partial charge < -0.3 is 15.4 Å². The second kappa shape index (κ2) is 5.70. The van der Waals surface area contributed by atoms with Crippen molar-refractivity contribution in [3.8, 4) is 5.75 Å². The molecule has 1 aliphatic heterocycles. The Morgan fingerprint density at radius 3 is 2.32 bits per heavy atom. The number of hydrogen-bond donors (Lipinski definition) is 1. The highest BCUT2D eigenvalue weighted by Gasteiger charge is 2.20. The summed E-state index contributed by atoms with van der Waals surface area (Å²) in [6, 6.07) is 4.70. The van der Waals surface area contributed by atoms with E-state index in [0.717, 1.165) is 31.9 Å². The molecule has 0 spiro atoms. The number of rotatable bonds is 3. The zero-order chi connectivity index (χ0) is 14.0. The Balaban J connectivity index is 2.15. The zero-order valence-electron chi connectivity index (χ0n) is 12.4. The van der Waals surface area contributed by atoms with Gasteiger partial charge in [0.25, 0.3) is 0 Å². The molecule has 106 valence electrons. The fraction of sp³-hybridized carbons (Fsp3) is 0.600. The van der Waals surface area contributed by atoms with Crippen LogP contribution in [-0.2, 0) is 0 Å². The summed E-state index contributed by atoms with van der Waals surface area (Å²) in [7, 11) is 1.67. The van der Waals surface area contributed by atoms with Gasteiger partial charge in [0.2, 0.25) is 0 Å². The summed E-state index contributed by atoms with van der Waals surface area (Å²) in [4.78, 5) is 4.94. The number of benzene rings is 1. The lowest BCUT2D eigenvalue weighted by molar-refractivity contribution is 0.209. The first-order valence-electron chi connectivity index (χ1n) is 6.96. The van der Waals surface area contributed by atoms with E-state index in [9.17, 15) is 0 Å². The summed E-state index contributed by atoms with van der Waals surface area (Å²) in [5.74, 6) is 0.770. The largest absolute Gasteiger partial charge is 0.495 e. The molecule has 4 nitrogen and oxygen atoms in total. The van der Waals surface area contributed by atoms with E-state index in [2.05, 4.69) is 36.6 Å². The van der Waals surface area contributed by atoms with Gasteiger partial charge in [0.15, 0.2) is 0 Å². The lowest BCUT2D eigenvalue weighted by Gasteiger charge is -2.38. The molecular weight excluding hydrogens is 238 g/mol. The van der Waals surface area contributed by atoms with Crippen LogP contribution in [0.25, 0.3) is 0 Å². The summed E-state index contributed by atoms with van der Waals surface area (Å²) in [6.45, 7) is 11.0. The monoisotopic (exact) mass is 263 g/mol. The molecule has 0 atom stereocenters. The first-order valence-corrected chi connectivity index (χ1v) is 6.96. The van der Waals surface area contributed by atoms with Crippen molar-refractivity contribution in [1.29, 1.82) is 0 Å². The topological polar surface area (TPSA) is 41.7 Å². The average molecular weight is 263 g/mol. The van der Waals surface area contributed by atoms with Crippen molar-refractivity contribution in [2.45, 2.75) is 26.8 Å². The number of piperazine rings is 1. The standard InChI is InChI=1S/C15H25N3O/c1-11(2)17-5-7-18(8-6-17)14-10-15(19-4)13(16)9-12(14)3/h9-11H,5-8,16H2,1-4H3. The molecule has 0 aliphatic carbocycles. The summed E-state index contributed by atoms with van der Waals surface area (Å²) >= 11 is 0. The number of nitrogen functional groups attached to an aromatic ring is 1. The van der Waals surface area contributed by atoms with E-state index >= 15 is 0 Å². The normalized spacial score (nSPS) is 17.0. The second-order valence-electron chi connectivity index (χ2n) is 5.50. The molecule has 0 bridgehead atoms. The van der Waals surface area contributed by atoms with Crippen LogP contribution in [0.4, 0.5) is 11.4 Å². The summed E-state index contributed by atoms with van der Waals surface area (Å²) in [5, 5.41) is 0. The smallest absolute Gasteiger partial charge is 0.143 e. The number of nitrogens with two attached hydrogens (primary N) is 1. The molecule has 0 unspecified atom stereocenters. The quantitative estimate of drug-likeness (QED) is 0.848. The molecule has 0 radical (unpaired) electrons. The zero-order valence-corrected chi connectivity index (χ0v) is 12.4. The maximum atomic E-state index is 5.94. The fourth-order valence-corrected chi connectivity index (χ4v) is 2.70. The molecule has 2 N–H and O–H groups in total. The number of anilines is 2. The van der Waals surface area contributed by atoms with Gasteiger partial charge >= 0.3 is 0 Å². The molecule has 1 aromatic rings. The molecule has 0 amide bonds. The molecule has 1 fully saturated rings. The van der Waals surface area contributed by atoms with Crippen molar-refractivity contribution < 1.29 is 4.74 Å². The van der Waals surface area contributed by atoms with Crippen molar-refractivity contribution in [1.82, 2.24) is 4.90 Å². The van der Waals surface area contributed by atoms with E-state index in [1.165, 1.54) is 11.3 Å². The highest BCUT2D eigenvalue weighted by atomic mass is 16.5. The van der Waals surface area contributed by atoms with E-state index in [1.807, 2.05) is 6.07 Å². The minimum atomic E-state index is 0.629. The first kappa shape index (κ1) is 14.0. The predicted octanol–water partition coefficient (Wildman–Crippen LogP) is 2.12. The van der Waals surface area contributed by atoms with Gasteiger partial charge in [-0.05, 0) is 32.4 Å². The summed E-state index contributed by atoms with van der Waals surface area (Å²) in [6.07, 6.45) is 0. The molecule has 1 heterocycles. The van der Waals surface area contributed by atoms with Gasteiger partial charge in [-0.15, -0.1) is 0 Å². The molecule has 0 aromatic heterocycles. The second-order valence-corrected chi connectivity index (χ2v) is 5.50. The SMILES string of the molecule is COc1cc(N2CCN(C(C)C)CC2)c(C)cc1N. The van der Waals surface area contributed by atoms with Crippen molar-refractivity contribution in [3.05, 3.63) is 17.7 Å². The van der Waals surface area contributed by atoms with Crippen LogP contribution in [0.3, 0.4) is 0 Å². The van der Waals surface area contributed by atoms with E-state index < -0.39 is 0 Å². The lowest BCUT2D eigenvalue weighted by atomic mass is 10.1. The van der Waals surface area contributed by atoms with Crippen LogP contribution in [-0.4, -0.2) is 44.2 Å². The van der Waals surface area contributed by atoms with Crippen molar-refractivity contribution in [3.63, 3.8) is 0 Å². The third kappa shape index (κ3) is 2.95. The Morgan fingerprint density at radius 2 is 1.79 bits per heavy atom. The lowest BCUT2D eigenvalue weighted by Crippen LogP contribution is -2.49. The van der Waals surface area contributed by atoms with E-state index in [0.29, 0.717) is 11.7 Å². The van der Waals surface area contributed by atoms with E-state index in [-0.39, 0.29) is 0 Å². The van der Waals surface area contributed by atoms with Crippen LogP contribution in [0, 0.1) is 6.92 Å². The van der Waals surface area contributed by atoms with Gasteiger partial charge in [-0.2, -0.15) is 0 Å². The van der Waals surface area contributed by atoms with Crippen molar-refractivity contribution >= 4 is 11.4 Å². The van der Waals surface area contributed by atoms with Gasteiger partial charge in [0, 0.05) is 44.0 Å². The molecule has 0 saturated carbocycles. The Bertz CT molecular complexity index is 437. The first-order chi connectivity index (χ1) is 9.02. The molecule has 1 aliphatic rings. The van der Waals surface area contributed by atoms with Crippen LogP contribution in [0.5, 0.6) is 5.75 Å². The number of nitrogens with zero attached hydrogens (tertiary/aromatic N) is 2. The van der Waals surface area contributed by atoms with Crippen LogP contribution >= 0.6 is 0 Å². The van der Waals surface area contributed by atoms with Crippen LogP contribution in [0.15, 0.2) is 12.1 Å². The summed E-state index contributed by atoms with van der Waals surface area (Å²) in [5.41, 5.74) is 9.12. The van der Waals surface area contributed by atoms with Gasteiger partial charge in [-0.25, -0.2) is 0 Å². The predicted molar refractivity (Wildman–Crippen MR) is 81.1 cm³/mol. The van der Waals surface area contributed by atoms with E-state index in [1.54, 1.807) is 7.11 Å². The van der Waals surface area contributed by atoms with Gasteiger partial charge in [0.1, 0.15) is 5.75 Å². The number of aryl methyl sites for hydroxylation is 1. The Kier molecular flexibility index (Phi) is 4.20. The van der Waals surface area contributed by atoms with Gasteiger partial charge in [-0.1, -0.05) is 0 Å². The minimum Gasteiger partial charge on any atom is -0.495 e. The third-order valence-electron chi connectivity index (χ3n) is 3.93. The Hall–Kier alpha value is -1.42. The third-order valence-corrected chi connectivity index (χ3v) is 3.93.